The molecule has 0 aliphatic carbocycles. The van der Waals surface area contributed by atoms with Crippen LogP contribution in [0.25, 0.3) is 33.7 Å². The van der Waals surface area contributed by atoms with Gasteiger partial charge in [-0.05, 0) is 62.6 Å². The van der Waals surface area contributed by atoms with E-state index in [9.17, 15) is 5.11 Å². The minimum atomic E-state index is -0.771. The minimum absolute atomic E-state index is 0.684. The zero-order valence-electron chi connectivity index (χ0n) is 14.5. The van der Waals surface area contributed by atoms with Crippen LogP contribution in [0.4, 0.5) is 5.69 Å². The maximum Gasteiger partial charge on any atom is 0.183 e. The van der Waals surface area contributed by atoms with Crippen molar-refractivity contribution in [1.29, 1.82) is 0 Å². The number of benzene rings is 1. The fourth-order valence-corrected chi connectivity index (χ4v) is 2.77. The summed E-state index contributed by atoms with van der Waals surface area (Å²) in [5.74, 6) is 1.40. The quantitative estimate of drug-likeness (QED) is 0.531. The van der Waals surface area contributed by atoms with E-state index in [1.165, 1.54) is 0 Å². The fourth-order valence-electron chi connectivity index (χ4n) is 2.77. The SMILES string of the molecule is CN(C)C(O)Nc1ccc2nc(-c3ccco3)c(-c3ccco3)cc2c1. The monoisotopic (exact) mass is 349 g/mol. The van der Waals surface area contributed by atoms with Crippen LogP contribution in [0.2, 0.25) is 0 Å². The number of aliphatic hydroxyl groups excluding tert-OH is 1. The van der Waals surface area contributed by atoms with Gasteiger partial charge in [-0.25, -0.2) is 4.98 Å². The Balaban J connectivity index is 1.84. The summed E-state index contributed by atoms with van der Waals surface area (Å²) in [6.07, 6.45) is 2.49. The fraction of sp³-hybridized carbons (Fsp3) is 0.150. The summed E-state index contributed by atoms with van der Waals surface area (Å²) >= 11 is 0. The molecule has 0 bridgehead atoms. The first-order valence-electron chi connectivity index (χ1n) is 8.25. The molecule has 0 saturated carbocycles. The standard InChI is InChI=1S/C20H19N3O3/c1-23(2)20(24)21-14-7-8-16-13(11-14)12-15(17-5-3-9-25-17)19(22-16)18-6-4-10-26-18/h3-12,20-21,24H,1-2H3. The first-order valence-corrected chi connectivity index (χ1v) is 8.25. The lowest BCUT2D eigenvalue weighted by molar-refractivity contribution is 0.0660. The maximum atomic E-state index is 10.00. The highest BCUT2D eigenvalue weighted by Crippen LogP contribution is 2.34. The number of aromatic nitrogens is 1. The van der Waals surface area contributed by atoms with Gasteiger partial charge in [-0.2, -0.15) is 0 Å². The van der Waals surface area contributed by atoms with Crippen molar-refractivity contribution in [3.05, 3.63) is 61.1 Å². The number of hydrogen-bond acceptors (Lipinski definition) is 6. The molecule has 4 aromatic rings. The molecule has 0 fully saturated rings. The van der Waals surface area contributed by atoms with Gasteiger partial charge >= 0.3 is 0 Å². The number of pyridine rings is 1. The van der Waals surface area contributed by atoms with Crippen molar-refractivity contribution in [2.75, 3.05) is 19.4 Å². The number of hydrogen-bond donors (Lipinski definition) is 2. The Bertz CT molecular complexity index is 1010. The van der Waals surface area contributed by atoms with Gasteiger partial charge in [-0.3, -0.25) is 4.90 Å². The van der Waals surface area contributed by atoms with Crippen LogP contribution in [0.3, 0.4) is 0 Å². The molecule has 26 heavy (non-hydrogen) atoms. The van der Waals surface area contributed by atoms with Gasteiger partial charge in [0.05, 0.1) is 18.0 Å². The molecule has 132 valence electrons. The third kappa shape index (κ3) is 3.08. The molecule has 1 unspecified atom stereocenters. The first-order chi connectivity index (χ1) is 12.6. The second kappa shape index (κ2) is 6.67. The zero-order chi connectivity index (χ0) is 18.1. The van der Waals surface area contributed by atoms with E-state index in [1.54, 1.807) is 31.5 Å². The van der Waals surface area contributed by atoms with Crippen molar-refractivity contribution < 1.29 is 13.9 Å². The summed E-state index contributed by atoms with van der Waals surface area (Å²) in [6, 6.07) is 15.2. The smallest absolute Gasteiger partial charge is 0.183 e. The molecule has 4 rings (SSSR count). The van der Waals surface area contributed by atoms with Crippen molar-refractivity contribution in [2.45, 2.75) is 6.35 Å². The zero-order valence-corrected chi connectivity index (χ0v) is 14.5. The second-order valence-electron chi connectivity index (χ2n) is 6.23. The molecule has 3 aromatic heterocycles. The van der Waals surface area contributed by atoms with Crippen molar-refractivity contribution in [3.8, 4) is 22.8 Å². The van der Waals surface area contributed by atoms with Gasteiger partial charge < -0.3 is 19.3 Å². The number of nitrogens with zero attached hydrogens (tertiary/aromatic N) is 2. The predicted octanol–water partition coefficient (Wildman–Crippen LogP) is 4.00. The van der Waals surface area contributed by atoms with Crippen LogP contribution in [0, 0.1) is 0 Å². The highest BCUT2D eigenvalue weighted by Gasteiger charge is 2.16. The van der Waals surface area contributed by atoms with E-state index in [4.69, 9.17) is 13.8 Å². The van der Waals surface area contributed by atoms with Crippen LogP contribution in [0.1, 0.15) is 0 Å². The molecular formula is C20H19N3O3. The maximum absolute atomic E-state index is 10.00. The van der Waals surface area contributed by atoms with Crippen molar-refractivity contribution in [1.82, 2.24) is 9.88 Å². The van der Waals surface area contributed by atoms with Crippen LogP contribution in [0.15, 0.2) is 69.9 Å². The summed E-state index contributed by atoms with van der Waals surface area (Å²) in [7, 11) is 3.59. The summed E-state index contributed by atoms with van der Waals surface area (Å²) in [4.78, 5) is 6.45. The van der Waals surface area contributed by atoms with Gasteiger partial charge in [0.25, 0.3) is 0 Å². The van der Waals surface area contributed by atoms with Crippen molar-refractivity contribution in [2.24, 2.45) is 0 Å². The Kier molecular flexibility index (Phi) is 4.20. The molecule has 1 atom stereocenters. The molecule has 0 saturated heterocycles. The van der Waals surface area contributed by atoms with Crippen LogP contribution >= 0.6 is 0 Å². The summed E-state index contributed by atoms with van der Waals surface area (Å²) < 4.78 is 11.1. The summed E-state index contributed by atoms with van der Waals surface area (Å²) in [6.45, 7) is 0. The molecule has 0 aliphatic rings. The molecule has 3 heterocycles. The van der Waals surface area contributed by atoms with Crippen LogP contribution in [-0.2, 0) is 0 Å². The van der Waals surface area contributed by atoms with Gasteiger partial charge in [0.15, 0.2) is 12.1 Å². The second-order valence-corrected chi connectivity index (χ2v) is 6.23. The molecule has 0 spiro atoms. The molecule has 0 aliphatic heterocycles. The Morgan fingerprint density at radius 1 is 1.00 bits per heavy atom. The summed E-state index contributed by atoms with van der Waals surface area (Å²) in [5.41, 5.74) is 3.21. The molecular weight excluding hydrogens is 330 g/mol. The summed E-state index contributed by atoms with van der Waals surface area (Å²) in [5, 5.41) is 14.0. The third-order valence-electron chi connectivity index (χ3n) is 4.14. The molecule has 2 N–H and O–H groups in total. The average Bonchev–Trinajstić information content (AvgIpc) is 3.34. The lowest BCUT2D eigenvalue weighted by atomic mass is 10.0. The molecule has 6 nitrogen and oxygen atoms in total. The van der Waals surface area contributed by atoms with E-state index in [0.29, 0.717) is 5.76 Å². The van der Waals surface area contributed by atoms with Gasteiger partial charge in [-0.1, -0.05) is 0 Å². The van der Waals surface area contributed by atoms with E-state index in [0.717, 1.165) is 33.6 Å². The first kappa shape index (κ1) is 16.4. The van der Waals surface area contributed by atoms with Crippen LogP contribution in [0.5, 0.6) is 0 Å². The van der Waals surface area contributed by atoms with E-state index in [1.807, 2.05) is 48.5 Å². The number of aliphatic hydroxyl groups is 1. The number of nitrogens with one attached hydrogen (secondary N) is 1. The lowest BCUT2D eigenvalue weighted by Crippen LogP contribution is -2.34. The highest BCUT2D eigenvalue weighted by molar-refractivity contribution is 5.91. The number of furan rings is 2. The molecule has 0 amide bonds. The van der Waals surface area contributed by atoms with Crippen molar-refractivity contribution in [3.63, 3.8) is 0 Å². The van der Waals surface area contributed by atoms with Crippen LogP contribution in [-0.4, -0.2) is 35.4 Å². The molecule has 1 aromatic carbocycles. The Morgan fingerprint density at radius 2 is 1.73 bits per heavy atom. The average molecular weight is 349 g/mol. The number of rotatable bonds is 5. The Morgan fingerprint density at radius 3 is 2.38 bits per heavy atom. The van der Waals surface area contributed by atoms with Gasteiger partial charge in [0.2, 0.25) is 0 Å². The van der Waals surface area contributed by atoms with Gasteiger partial charge in [0.1, 0.15) is 11.5 Å². The highest BCUT2D eigenvalue weighted by atomic mass is 16.3. The van der Waals surface area contributed by atoms with E-state index in [-0.39, 0.29) is 0 Å². The molecule has 6 heteroatoms. The number of fused-ring (bicyclic) bond motifs is 1. The van der Waals surface area contributed by atoms with E-state index < -0.39 is 6.35 Å². The van der Waals surface area contributed by atoms with Gasteiger partial charge in [0, 0.05) is 16.6 Å². The normalized spacial score (nSPS) is 12.6. The van der Waals surface area contributed by atoms with Crippen molar-refractivity contribution >= 4 is 16.6 Å². The Hall–Kier alpha value is -3.09. The third-order valence-corrected chi connectivity index (χ3v) is 4.14. The minimum Gasteiger partial charge on any atom is -0.464 e. The topological polar surface area (TPSA) is 74.7 Å². The molecule has 0 radical (unpaired) electrons. The largest absolute Gasteiger partial charge is 0.464 e. The lowest BCUT2D eigenvalue weighted by Gasteiger charge is -2.20. The Labute approximate surface area is 150 Å². The number of anilines is 1. The van der Waals surface area contributed by atoms with Gasteiger partial charge in [-0.15, -0.1) is 0 Å². The van der Waals surface area contributed by atoms with E-state index in [2.05, 4.69) is 5.32 Å². The van der Waals surface area contributed by atoms with E-state index >= 15 is 0 Å². The van der Waals surface area contributed by atoms with Crippen LogP contribution < -0.4 is 5.32 Å². The predicted molar refractivity (Wildman–Crippen MR) is 100 cm³/mol.